The summed E-state index contributed by atoms with van der Waals surface area (Å²) in [7, 11) is 3.35. The standard InChI is InChI=1S/C21H33N5O2.HI/c1-22-19(27)18-10-6-7-16(15-18)11-12-25-21(23-2)26-14-13-24-20(28)17-8-4-3-5-9-17;/h6-7,10,15,17H,3-5,8-9,11-14H2,1-2H3,(H,22,27)(H,24,28)(H2,23,25,26);1H. The molecule has 0 atom stereocenters. The predicted octanol–water partition coefficient (Wildman–Crippen LogP) is 2.07. The van der Waals surface area contributed by atoms with Gasteiger partial charge in [-0.15, -0.1) is 24.0 Å². The molecule has 1 fully saturated rings. The fourth-order valence-electron chi connectivity index (χ4n) is 3.43. The molecule has 0 heterocycles. The largest absolute Gasteiger partial charge is 0.356 e. The molecule has 8 heteroatoms. The Morgan fingerprint density at radius 2 is 1.72 bits per heavy atom. The van der Waals surface area contributed by atoms with E-state index in [1.807, 2.05) is 18.2 Å². The molecule has 1 aromatic rings. The lowest BCUT2D eigenvalue weighted by atomic mass is 9.89. The number of halogens is 1. The molecule has 1 aliphatic carbocycles. The molecule has 2 rings (SSSR count). The molecule has 0 radical (unpaired) electrons. The summed E-state index contributed by atoms with van der Waals surface area (Å²) in [4.78, 5) is 28.0. The minimum absolute atomic E-state index is 0. The maximum Gasteiger partial charge on any atom is 0.251 e. The van der Waals surface area contributed by atoms with Gasteiger partial charge in [0.15, 0.2) is 5.96 Å². The second kappa shape index (κ2) is 14.2. The SMILES string of the molecule is CN=C(NCCNC(=O)C1CCCCC1)NCCc1cccc(C(=O)NC)c1.I. The Morgan fingerprint density at radius 1 is 1.03 bits per heavy atom. The summed E-state index contributed by atoms with van der Waals surface area (Å²) < 4.78 is 0. The van der Waals surface area contributed by atoms with Crippen molar-refractivity contribution >= 4 is 41.8 Å². The van der Waals surface area contributed by atoms with Crippen molar-refractivity contribution in [1.82, 2.24) is 21.3 Å². The molecular formula is C21H34IN5O2. The number of guanidine groups is 1. The first-order valence-corrected chi connectivity index (χ1v) is 10.2. The van der Waals surface area contributed by atoms with Crippen LogP contribution in [0.25, 0.3) is 0 Å². The first-order valence-electron chi connectivity index (χ1n) is 10.2. The first kappa shape index (κ1) is 25.2. The summed E-state index contributed by atoms with van der Waals surface area (Å²) in [6.45, 7) is 1.92. The van der Waals surface area contributed by atoms with Gasteiger partial charge in [0.05, 0.1) is 0 Å². The normalized spacial score (nSPS) is 14.5. The van der Waals surface area contributed by atoms with Gasteiger partial charge in [-0.2, -0.15) is 0 Å². The van der Waals surface area contributed by atoms with Crippen molar-refractivity contribution in [1.29, 1.82) is 0 Å². The summed E-state index contributed by atoms with van der Waals surface area (Å²) in [5, 5.41) is 12.1. The van der Waals surface area contributed by atoms with Crippen LogP contribution in [-0.2, 0) is 11.2 Å². The van der Waals surface area contributed by atoms with E-state index >= 15 is 0 Å². The minimum Gasteiger partial charge on any atom is -0.356 e. The van der Waals surface area contributed by atoms with Crippen molar-refractivity contribution < 1.29 is 9.59 Å². The summed E-state index contributed by atoms with van der Waals surface area (Å²) in [5.41, 5.74) is 1.75. The lowest BCUT2D eigenvalue weighted by Gasteiger charge is -2.21. The lowest BCUT2D eigenvalue weighted by Crippen LogP contribution is -2.43. The summed E-state index contributed by atoms with van der Waals surface area (Å²) in [5.74, 6) is 0.995. The quantitative estimate of drug-likeness (QED) is 0.185. The number of benzene rings is 1. The van der Waals surface area contributed by atoms with Gasteiger partial charge in [0.25, 0.3) is 5.91 Å². The number of nitrogens with zero attached hydrogens (tertiary/aromatic N) is 1. The van der Waals surface area contributed by atoms with Crippen molar-refractivity contribution in [2.24, 2.45) is 10.9 Å². The maximum absolute atomic E-state index is 12.1. The third-order valence-electron chi connectivity index (χ3n) is 5.04. The Labute approximate surface area is 190 Å². The molecule has 0 aliphatic heterocycles. The average Bonchev–Trinajstić information content (AvgIpc) is 2.75. The Kier molecular flexibility index (Phi) is 12.3. The highest BCUT2D eigenvalue weighted by Gasteiger charge is 2.20. The van der Waals surface area contributed by atoms with Crippen LogP contribution >= 0.6 is 24.0 Å². The zero-order valence-corrected chi connectivity index (χ0v) is 19.8. The minimum atomic E-state index is -0.0810. The number of amides is 2. The fourth-order valence-corrected chi connectivity index (χ4v) is 3.43. The van der Waals surface area contributed by atoms with Gasteiger partial charge in [0.2, 0.25) is 5.91 Å². The van der Waals surface area contributed by atoms with Gasteiger partial charge in [-0.1, -0.05) is 31.4 Å². The van der Waals surface area contributed by atoms with E-state index in [0.29, 0.717) is 31.2 Å². The smallest absolute Gasteiger partial charge is 0.251 e. The number of aliphatic imine (C=N–C) groups is 1. The van der Waals surface area contributed by atoms with E-state index in [1.54, 1.807) is 20.2 Å². The van der Waals surface area contributed by atoms with Crippen LogP contribution in [0.1, 0.15) is 48.0 Å². The van der Waals surface area contributed by atoms with Gasteiger partial charge in [-0.25, -0.2) is 0 Å². The molecule has 0 spiro atoms. The highest BCUT2D eigenvalue weighted by molar-refractivity contribution is 14.0. The monoisotopic (exact) mass is 515 g/mol. The molecule has 162 valence electrons. The molecular weight excluding hydrogens is 481 g/mol. The van der Waals surface area contributed by atoms with Crippen molar-refractivity contribution in [2.45, 2.75) is 38.5 Å². The number of hydrogen-bond acceptors (Lipinski definition) is 3. The van der Waals surface area contributed by atoms with Crippen LogP contribution < -0.4 is 21.3 Å². The van der Waals surface area contributed by atoms with E-state index in [9.17, 15) is 9.59 Å². The van der Waals surface area contributed by atoms with Gasteiger partial charge < -0.3 is 21.3 Å². The molecule has 2 amide bonds. The molecule has 4 N–H and O–H groups in total. The van der Waals surface area contributed by atoms with Gasteiger partial charge in [0.1, 0.15) is 0 Å². The molecule has 0 unspecified atom stereocenters. The van der Waals surface area contributed by atoms with E-state index in [-0.39, 0.29) is 41.7 Å². The van der Waals surface area contributed by atoms with Gasteiger partial charge in [-0.05, 0) is 37.0 Å². The highest BCUT2D eigenvalue weighted by atomic mass is 127. The number of carbonyl (C=O) groups is 2. The van der Waals surface area contributed by atoms with Crippen LogP contribution in [-0.4, -0.2) is 51.5 Å². The number of nitrogens with one attached hydrogen (secondary N) is 4. The molecule has 0 saturated heterocycles. The third kappa shape index (κ3) is 9.01. The predicted molar refractivity (Wildman–Crippen MR) is 128 cm³/mol. The Morgan fingerprint density at radius 3 is 2.41 bits per heavy atom. The Bertz CT molecular complexity index is 675. The number of hydrogen-bond donors (Lipinski definition) is 4. The highest BCUT2D eigenvalue weighted by Crippen LogP contribution is 2.23. The zero-order valence-electron chi connectivity index (χ0n) is 17.4. The molecule has 7 nitrogen and oxygen atoms in total. The van der Waals surface area contributed by atoms with E-state index < -0.39 is 0 Å². The topological polar surface area (TPSA) is 94.6 Å². The summed E-state index contributed by atoms with van der Waals surface area (Å²) in [6.07, 6.45) is 6.40. The zero-order chi connectivity index (χ0) is 20.2. The summed E-state index contributed by atoms with van der Waals surface area (Å²) >= 11 is 0. The van der Waals surface area contributed by atoms with Gasteiger partial charge >= 0.3 is 0 Å². The molecule has 1 saturated carbocycles. The van der Waals surface area contributed by atoms with Gasteiger partial charge in [0, 0.05) is 45.2 Å². The van der Waals surface area contributed by atoms with Crippen LogP contribution in [0.15, 0.2) is 29.3 Å². The fraction of sp³-hybridized carbons (Fsp3) is 0.571. The van der Waals surface area contributed by atoms with Crippen LogP contribution in [0, 0.1) is 5.92 Å². The van der Waals surface area contributed by atoms with Crippen molar-refractivity contribution in [3.8, 4) is 0 Å². The lowest BCUT2D eigenvalue weighted by molar-refractivity contribution is -0.125. The van der Waals surface area contributed by atoms with Gasteiger partial charge in [-0.3, -0.25) is 14.6 Å². The van der Waals surface area contributed by atoms with E-state index in [4.69, 9.17) is 0 Å². The van der Waals surface area contributed by atoms with E-state index in [2.05, 4.69) is 26.3 Å². The second-order valence-electron chi connectivity index (χ2n) is 7.08. The molecule has 0 bridgehead atoms. The number of carbonyl (C=O) groups excluding carboxylic acids is 2. The second-order valence-corrected chi connectivity index (χ2v) is 7.08. The first-order chi connectivity index (χ1) is 13.6. The molecule has 1 aliphatic rings. The van der Waals surface area contributed by atoms with Crippen LogP contribution in [0.2, 0.25) is 0 Å². The van der Waals surface area contributed by atoms with E-state index in [1.165, 1.54) is 19.3 Å². The third-order valence-corrected chi connectivity index (χ3v) is 5.04. The number of rotatable bonds is 8. The van der Waals surface area contributed by atoms with Crippen molar-refractivity contribution in [3.63, 3.8) is 0 Å². The molecule has 29 heavy (non-hydrogen) atoms. The molecule has 0 aromatic heterocycles. The van der Waals surface area contributed by atoms with E-state index in [0.717, 1.165) is 24.8 Å². The summed E-state index contributed by atoms with van der Waals surface area (Å²) in [6, 6.07) is 7.60. The van der Waals surface area contributed by atoms with Crippen LogP contribution in [0.5, 0.6) is 0 Å². The van der Waals surface area contributed by atoms with Crippen molar-refractivity contribution in [2.75, 3.05) is 33.7 Å². The van der Waals surface area contributed by atoms with Crippen LogP contribution in [0.3, 0.4) is 0 Å². The van der Waals surface area contributed by atoms with Crippen LogP contribution in [0.4, 0.5) is 0 Å². The Balaban J connectivity index is 0.00000420. The average molecular weight is 515 g/mol. The Hall–Kier alpha value is -1.84. The maximum atomic E-state index is 12.1. The molecule has 1 aromatic carbocycles. The van der Waals surface area contributed by atoms with Crippen molar-refractivity contribution in [3.05, 3.63) is 35.4 Å².